The van der Waals surface area contributed by atoms with Crippen LogP contribution in [0.2, 0.25) is 0 Å². The van der Waals surface area contributed by atoms with Crippen LogP contribution in [0.4, 0.5) is 17.3 Å². The van der Waals surface area contributed by atoms with E-state index < -0.39 is 6.04 Å². The molecule has 1 aromatic heterocycles. The van der Waals surface area contributed by atoms with Gasteiger partial charge < -0.3 is 26.3 Å². The van der Waals surface area contributed by atoms with Crippen LogP contribution in [-0.4, -0.2) is 17.7 Å². The largest absolute Gasteiger partial charge is 0.454 e. The van der Waals surface area contributed by atoms with Gasteiger partial charge in [0.2, 0.25) is 12.8 Å². The molecule has 1 unspecified atom stereocenters. The van der Waals surface area contributed by atoms with Crippen LogP contribution in [0.25, 0.3) is 0 Å². The zero-order valence-electron chi connectivity index (χ0n) is 13.6. The summed E-state index contributed by atoms with van der Waals surface area (Å²) in [6.07, 6.45) is 1.81. The Bertz CT molecular complexity index is 1090. The zero-order valence-corrected chi connectivity index (χ0v) is 15.2. The van der Waals surface area contributed by atoms with Gasteiger partial charge in [0.25, 0.3) is 0 Å². The smallest absolute Gasteiger partial charge is 0.231 e. The molecule has 6 N–H and O–H groups in total. The predicted molar refractivity (Wildman–Crippen MR) is 99.7 cm³/mol. The molecule has 0 aliphatic carbocycles. The van der Waals surface area contributed by atoms with Crippen molar-refractivity contribution in [3.05, 3.63) is 33.3 Å². The van der Waals surface area contributed by atoms with E-state index in [1.165, 1.54) is 0 Å². The number of hydrogen-bond acceptors (Lipinski definition) is 10. The first kappa shape index (κ1) is 16.8. The molecule has 0 saturated carbocycles. The third kappa shape index (κ3) is 2.61. The number of nitrogens with one attached hydrogen (secondary N) is 2. The first-order valence-electron chi connectivity index (χ1n) is 7.61. The van der Waals surface area contributed by atoms with Crippen molar-refractivity contribution >= 4 is 39.2 Å². The number of nitrogen functional groups attached to an aromatic ring is 2. The van der Waals surface area contributed by atoms with E-state index in [0.717, 1.165) is 0 Å². The summed E-state index contributed by atoms with van der Waals surface area (Å²) in [6.45, 7) is 0.115. The molecule has 1 aromatic carbocycles. The van der Waals surface area contributed by atoms with Gasteiger partial charge in [-0.05, 0) is 33.6 Å². The fourth-order valence-electron chi connectivity index (χ4n) is 2.97. The molecule has 1 atom stereocenters. The second-order valence-corrected chi connectivity index (χ2v) is 6.49. The van der Waals surface area contributed by atoms with Gasteiger partial charge in [-0.2, -0.15) is 10.5 Å². The van der Waals surface area contributed by atoms with Gasteiger partial charge in [-0.1, -0.05) is 0 Å². The topological polar surface area (TPSA) is 167 Å². The number of hydrogen-bond donors (Lipinski definition) is 4. The minimum Gasteiger partial charge on any atom is -0.454 e. The lowest BCUT2D eigenvalue weighted by molar-refractivity contribution is 0.173. The minimum absolute atomic E-state index is 0.00919. The van der Waals surface area contributed by atoms with E-state index in [4.69, 9.17) is 26.2 Å². The highest BCUT2D eigenvalue weighted by molar-refractivity contribution is 9.10. The molecule has 0 bridgehead atoms. The molecule has 11 heteroatoms. The number of nitrogens with zero attached hydrogens (tertiary/aromatic N) is 4. The molecule has 0 radical (unpaired) electrons. The molecule has 0 saturated heterocycles. The summed E-state index contributed by atoms with van der Waals surface area (Å²) in [6, 6.07) is 4.89. The number of benzene rings is 1. The summed E-state index contributed by atoms with van der Waals surface area (Å²) in [5, 5.41) is 23.6. The Morgan fingerprint density at radius 2 is 2.11 bits per heavy atom. The number of ether oxygens (including phenoxy) is 2. The van der Waals surface area contributed by atoms with Gasteiger partial charge in [-0.15, -0.1) is 0 Å². The Morgan fingerprint density at radius 1 is 1.30 bits per heavy atom. The molecule has 134 valence electrons. The monoisotopic (exact) mass is 426 g/mol. The van der Waals surface area contributed by atoms with Crippen molar-refractivity contribution in [2.45, 2.75) is 6.04 Å². The van der Waals surface area contributed by atoms with Crippen LogP contribution in [-0.2, 0) is 0 Å². The lowest BCUT2D eigenvalue weighted by Gasteiger charge is -2.26. The molecule has 2 aliphatic rings. The van der Waals surface area contributed by atoms with Gasteiger partial charge in [0, 0.05) is 5.56 Å². The minimum atomic E-state index is -0.650. The zero-order chi connectivity index (χ0) is 19.1. The van der Waals surface area contributed by atoms with E-state index in [0.29, 0.717) is 32.9 Å². The van der Waals surface area contributed by atoms with Crippen LogP contribution >= 0.6 is 15.9 Å². The van der Waals surface area contributed by atoms with Gasteiger partial charge in [0.1, 0.15) is 29.3 Å². The Hall–Kier alpha value is -3.70. The molecule has 10 nitrogen and oxygen atoms in total. The maximum absolute atomic E-state index is 9.36. The average molecular weight is 427 g/mol. The van der Waals surface area contributed by atoms with Crippen molar-refractivity contribution in [3.63, 3.8) is 0 Å². The number of pyridine rings is 1. The number of aliphatic imine (C=N–C) groups is 1. The van der Waals surface area contributed by atoms with Gasteiger partial charge in [-0.25, -0.2) is 9.98 Å². The molecule has 2 aliphatic heterocycles. The highest BCUT2D eigenvalue weighted by Crippen LogP contribution is 2.46. The molecule has 3 heterocycles. The average Bonchev–Trinajstić information content (AvgIpc) is 3.10. The van der Waals surface area contributed by atoms with Gasteiger partial charge in [0.05, 0.1) is 10.2 Å². The number of rotatable bonds is 1. The van der Waals surface area contributed by atoms with Gasteiger partial charge >= 0.3 is 0 Å². The number of anilines is 3. The van der Waals surface area contributed by atoms with E-state index in [-0.39, 0.29) is 29.8 Å². The van der Waals surface area contributed by atoms with Crippen molar-refractivity contribution in [1.29, 1.82) is 10.5 Å². The highest BCUT2D eigenvalue weighted by Gasteiger charge is 2.31. The molecular formula is C16H11BrN8O2. The summed E-state index contributed by atoms with van der Waals surface area (Å²) in [5.41, 5.74) is 13.5. The Labute approximate surface area is 161 Å². The number of nitriles is 2. The lowest BCUT2D eigenvalue weighted by atomic mass is 9.95. The number of aromatic nitrogens is 1. The normalized spacial score (nSPS) is 16.4. The third-order valence-electron chi connectivity index (χ3n) is 4.12. The Morgan fingerprint density at radius 3 is 2.85 bits per heavy atom. The van der Waals surface area contributed by atoms with Crippen LogP contribution in [0.5, 0.6) is 11.5 Å². The van der Waals surface area contributed by atoms with Crippen LogP contribution in [0.3, 0.4) is 0 Å². The van der Waals surface area contributed by atoms with Gasteiger partial charge in [0.15, 0.2) is 17.7 Å². The summed E-state index contributed by atoms with van der Waals surface area (Å²) in [5.74, 6) is 1.63. The SMILES string of the molecule is N#CNC1=NC(c2cc(Br)c3c(c2)OCO3)c2c(nc(N)c(C#N)c2N)N1. The summed E-state index contributed by atoms with van der Waals surface area (Å²) in [7, 11) is 0. The Balaban J connectivity index is 1.94. The quantitative estimate of drug-likeness (QED) is 0.390. The number of fused-ring (bicyclic) bond motifs is 2. The standard InChI is InChI=1S/C16H11BrN8O2/c17-8-1-6(2-9-13(8)27-5-26-9)12-10-11(20)7(3-18)14(21)24-15(10)25-16(23-12)22-4-19/h1-2,12H,5H2,(H6,20,21,22,23,24,25). The highest BCUT2D eigenvalue weighted by atomic mass is 79.9. The fraction of sp³-hybridized carbons (Fsp3) is 0.125. The van der Waals surface area contributed by atoms with Crippen LogP contribution in [0.15, 0.2) is 21.6 Å². The summed E-state index contributed by atoms with van der Waals surface area (Å²) in [4.78, 5) is 8.71. The van der Waals surface area contributed by atoms with Crippen LogP contribution in [0.1, 0.15) is 22.7 Å². The first-order chi connectivity index (χ1) is 13.0. The van der Waals surface area contributed by atoms with Crippen LogP contribution in [0, 0.1) is 22.8 Å². The molecule has 2 aromatic rings. The van der Waals surface area contributed by atoms with E-state index in [2.05, 4.69) is 36.5 Å². The molecule has 0 amide bonds. The molecule has 4 rings (SSSR count). The third-order valence-corrected chi connectivity index (χ3v) is 4.71. The van der Waals surface area contributed by atoms with Crippen molar-refractivity contribution in [3.8, 4) is 23.8 Å². The summed E-state index contributed by atoms with van der Waals surface area (Å²) >= 11 is 3.45. The molecular weight excluding hydrogens is 416 g/mol. The van der Waals surface area contributed by atoms with Crippen molar-refractivity contribution in [2.75, 3.05) is 23.6 Å². The predicted octanol–water partition coefficient (Wildman–Crippen LogP) is 1.55. The van der Waals surface area contributed by atoms with Crippen molar-refractivity contribution < 1.29 is 9.47 Å². The van der Waals surface area contributed by atoms with E-state index >= 15 is 0 Å². The van der Waals surface area contributed by atoms with E-state index in [9.17, 15) is 5.26 Å². The number of nitrogens with two attached hydrogens (primary N) is 2. The van der Waals surface area contributed by atoms with Crippen molar-refractivity contribution in [1.82, 2.24) is 10.3 Å². The Kier molecular flexibility index (Phi) is 3.86. The first-order valence-corrected chi connectivity index (χ1v) is 8.40. The van der Waals surface area contributed by atoms with Crippen molar-refractivity contribution in [2.24, 2.45) is 4.99 Å². The van der Waals surface area contributed by atoms with Crippen LogP contribution < -0.4 is 31.6 Å². The maximum Gasteiger partial charge on any atom is 0.231 e. The summed E-state index contributed by atoms with van der Waals surface area (Å²) < 4.78 is 11.6. The molecule has 0 spiro atoms. The van der Waals surface area contributed by atoms with Gasteiger partial charge in [-0.3, -0.25) is 5.32 Å². The fourth-order valence-corrected chi connectivity index (χ4v) is 3.54. The molecule has 27 heavy (non-hydrogen) atoms. The molecule has 0 fully saturated rings. The second kappa shape index (κ2) is 6.23. The number of halogens is 1. The van der Waals surface area contributed by atoms with E-state index in [1.807, 2.05) is 12.1 Å². The number of guanidine groups is 1. The second-order valence-electron chi connectivity index (χ2n) is 5.64. The van der Waals surface area contributed by atoms with E-state index in [1.54, 1.807) is 12.3 Å². The maximum atomic E-state index is 9.36. The lowest BCUT2D eigenvalue weighted by Crippen LogP contribution is -2.32.